The van der Waals surface area contributed by atoms with Crippen molar-refractivity contribution in [3.8, 4) is 5.75 Å². The van der Waals surface area contributed by atoms with Crippen molar-refractivity contribution in [3.05, 3.63) is 18.2 Å². The second-order valence-electron chi connectivity index (χ2n) is 5.55. The second kappa shape index (κ2) is 8.43. The lowest BCUT2D eigenvalue weighted by Gasteiger charge is -2.23. The van der Waals surface area contributed by atoms with Gasteiger partial charge in [0, 0.05) is 13.0 Å². The summed E-state index contributed by atoms with van der Waals surface area (Å²) in [7, 11) is -2.20. The van der Waals surface area contributed by atoms with Gasteiger partial charge in [-0.3, -0.25) is 4.79 Å². The smallest absolute Gasteiger partial charge is 0.240 e. The number of hydrogen-bond acceptors (Lipinski definition) is 5. The Kier molecular flexibility index (Phi) is 6.55. The van der Waals surface area contributed by atoms with E-state index >= 15 is 0 Å². The van der Waals surface area contributed by atoms with Gasteiger partial charge in [0.25, 0.3) is 0 Å². The summed E-state index contributed by atoms with van der Waals surface area (Å²) < 4.78 is 37.8. The zero-order chi connectivity index (χ0) is 17.6. The van der Waals surface area contributed by atoms with E-state index < -0.39 is 10.0 Å². The van der Waals surface area contributed by atoms with E-state index in [1.807, 2.05) is 0 Å². The fourth-order valence-electron chi connectivity index (χ4n) is 2.49. The molecule has 3 N–H and O–H groups in total. The standard InChI is InChI=1S/C15H23N3O5S/c1-12(19)17-14-4-3-13(11-15(14)22-2)24(20,21)16-5-6-18-7-9-23-10-8-18/h3-4,11,16H,5-10H2,1-2H3,(H,17,19)/p+1. The van der Waals surface area contributed by atoms with Crippen LogP contribution in [0.4, 0.5) is 5.69 Å². The number of hydrogen-bond donors (Lipinski definition) is 3. The van der Waals surface area contributed by atoms with Crippen molar-refractivity contribution in [2.45, 2.75) is 11.8 Å². The van der Waals surface area contributed by atoms with Gasteiger partial charge < -0.3 is 19.7 Å². The molecule has 8 nitrogen and oxygen atoms in total. The molecule has 9 heteroatoms. The van der Waals surface area contributed by atoms with Gasteiger partial charge in [-0.15, -0.1) is 0 Å². The highest BCUT2D eigenvalue weighted by Crippen LogP contribution is 2.27. The minimum Gasteiger partial charge on any atom is -0.495 e. The first-order valence-corrected chi connectivity index (χ1v) is 9.27. The summed E-state index contributed by atoms with van der Waals surface area (Å²) >= 11 is 0. The van der Waals surface area contributed by atoms with Crippen LogP contribution in [0.25, 0.3) is 0 Å². The average Bonchev–Trinajstić information content (AvgIpc) is 2.55. The summed E-state index contributed by atoms with van der Waals surface area (Å²) in [6.45, 7) is 5.65. The van der Waals surface area contributed by atoms with Gasteiger partial charge in [-0.05, 0) is 12.1 Å². The molecule has 134 valence electrons. The van der Waals surface area contributed by atoms with E-state index in [1.54, 1.807) is 0 Å². The first-order chi connectivity index (χ1) is 11.4. The number of morpholine rings is 1. The molecular weight excluding hydrogens is 334 g/mol. The van der Waals surface area contributed by atoms with E-state index in [-0.39, 0.29) is 10.8 Å². The van der Waals surface area contributed by atoms with Crippen LogP contribution in [-0.4, -0.2) is 60.8 Å². The van der Waals surface area contributed by atoms with E-state index in [9.17, 15) is 13.2 Å². The predicted molar refractivity (Wildman–Crippen MR) is 88.9 cm³/mol. The number of carbonyl (C=O) groups is 1. The highest BCUT2D eigenvalue weighted by molar-refractivity contribution is 7.89. The van der Waals surface area contributed by atoms with Crippen molar-refractivity contribution in [1.29, 1.82) is 0 Å². The van der Waals surface area contributed by atoms with Gasteiger partial charge >= 0.3 is 0 Å². The maximum Gasteiger partial charge on any atom is 0.240 e. The zero-order valence-electron chi connectivity index (χ0n) is 13.9. The number of ether oxygens (including phenoxy) is 2. The van der Waals surface area contributed by atoms with Crippen LogP contribution in [-0.2, 0) is 19.6 Å². The molecule has 0 unspecified atom stereocenters. The summed E-state index contributed by atoms with van der Waals surface area (Å²) in [6, 6.07) is 4.36. The van der Waals surface area contributed by atoms with E-state index in [1.165, 1.54) is 37.1 Å². The van der Waals surface area contributed by atoms with Crippen LogP contribution in [0.2, 0.25) is 0 Å². The fraction of sp³-hybridized carbons (Fsp3) is 0.533. The van der Waals surface area contributed by atoms with Crippen molar-refractivity contribution in [2.24, 2.45) is 0 Å². The van der Waals surface area contributed by atoms with Crippen molar-refractivity contribution in [2.75, 3.05) is 51.8 Å². The molecule has 1 aliphatic rings. The lowest BCUT2D eigenvalue weighted by atomic mass is 10.3. The largest absolute Gasteiger partial charge is 0.495 e. The Morgan fingerprint density at radius 1 is 1.33 bits per heavy atom. The molecule has 0 saturated carbocycles. The molecule has 0 aromatic heterocycles. The Balaban J connectivity index is 2.01. The third kappa shape index (κ3) is 5.17. The molecule has 1 saturated heterocycles. The maximum absolute atomic E-state index is 12.4. The van der Waals surface area contributed by atoms with E-state index in [0.29, 0.717) is 37.7 Å². The number of carbonyl (C=O) groups excluding carboxylic acids is 1. The third-order valence-corrected chi connectivity index (χ3v) is 5.22. The van der Waals surface area contributed by atoms with Crippen molar-refractivity contribution in [3.63, 3.8) is 0 Å². The average molecular weight is 358 g/mol. The molecule has 0 bridgehead atoms. The summed E-state index contributed by atoms with van der Waals surface area (Å²) in [5.74, 6) is 0.0439. The Labute approximate surface area is 142 Å². The highest BCUT2D eigenvalue weighted by Gasteiger charge is 2.19. The quantitative estimate of drug-likeness (QED) is 0.572. The Morgan fingerprint density at radius 2 is 2.04 bits per heavy atom. The maximum atomic E-state index is 12.4. The Bertz CT molecular complexity index is 672. The molecular formula is C15H24N3O5S+. The molecule has 1 aliphatic heterocycles. The van der Waals surface area contributed by atoms with Gasteiger partial charge in [0.2, 0.25) is 15.9 Å². The zero-order valence-corrected chi connectivity index (χ0v) is 14.7. The van der Waals surface area contributed by atoms with Gasteiger partial charge in [0.15, 0.2) is 0 Å². The van der Waals surface area contributed by atoms with Crippen LogP contribution in [0.15, 0.2) is 23.1 Å². The summed E-state index contributed by atoms with van der Waals surface area (Å²) in [5.41, 5.74) is 0.432. The number of quaternary nitrogens is 1. The number of anilines is 1. The lowest BCUT2D eigenvalue weighted by molar-refractivity contribution is -0.906. The van der Waals surface area contributed by atoms with E-state index in [0.717, 1.165) is 13.1 Å². The fourth-order valence-corrected chi connectivity index (χ4v) is 3.53. The highest BCUT2D eigenvalue weighted by atomic mass is 32.2. The van der Waals surface area contributed by atoms with E-state index in [4.69, 9.17) is 9.47 Å². The molecule has 1 aromatic carbocycles. The first-order valence-electron chi connectivity index (χ1n) is 7.79. The van der Waals surface area contributed by atoms with Gasteiger partial charge in [-0.2, -0.15) is 0 Å². The third-order valence-electron chi connectivity index (χ3n) is 3.76. The van der Waals surface area contributed by atoms with Gasteiger partial charge in [0.1, 0.15) is 18.8 Å². The van der Waals surface area contributed by atoms with Crippen LogP contribution < -0.4 is 19.7 Å². The molecule has 0 aliphatic carbocycles. The molecule has 1 heterocycles. The van der Waals surface area contributed by atoms with Crippen LogP contribution in [0.1, 0.15) is 6.92 Å². The number of amides is 1. The molecule has 0 radical (unpaired) electrons. The number of methoxy groups -OCH3 is 1. The number of benzene rings is 1. The minimum absolute atomic E-state index is 0.102. The van der Waals surface area contributed by atoms with E-state index in [2.05, 4.69) is 10.0 Å². The Morgan fingerprint density at radius 3 is 2.67 bits per heavy atom. The molecule has 2 rings (SSSR count). The lowest BCUT2D eigenvalue weighted by Crippen LogP contribution is -3.14. The molecule has 0 atom stereocenters. The van der Waals surface area contributed by atoms with Gasteiger partial charge in [-0.1, -0.05) is 0 Å². The number of nitrogens with one attached hydrogen (secondary N) is 3. The Hall–Kier alpha value is -1.68. The van der Waals surface area contributed by atoms with Gasteiger partial charge in [0.05, 0.1) is 44.0 Å². The molecule has 1 fully saturated rings. The number of sulfonamides is 1. The monoisotopic (exact) mass is 358 g/mol. The molecule has 1 amide bonds. The molecule has 24 heavy (non-hydrogen) atoms. The first kappa shape index (κ1) is 18.7. The second-order valence-corrected chi connectivity index (χ2v) is 7.32. The van der Waals surface area contributed by atoms with Crippen LogP contribution in [0, 0.1) is 0 Å². The van der Waals surface area contributed by atoms with Crippen LogP contribution in [0.3, 0.4) is 0 Å². The SMILES string of the molecule is COc1cc(S(=O)(=O)NCC[NH+]2CCOCC2)ccc1NC(C)=O. The predicted octanol–water partition coefficient (Wildman–Crippen LogP) is -1.15. The molecule has 0 spiro atoms. The minimum atomic E-state index is -3.63. The summed E-state index contributed by atoms with van der Waals surface area (Å²) in [6.07, 6.45) is 0. The summed E-state index contributed by atoms with van der Waals surface area (Å²) in [4.78, 5) is 12.6. The summed E-state index contributed by atoms with van der Waals surface area (Å²) in [5, 5.41) is 2.59. The van der Waals surface area contributed by atoms with Crippen molar-refractivity contribution in [1.82, 2.24) is 4.72 Å². The van der Waals surface area contributed by atoms with Crippen molar-refractivity contribution >= 4 is 21.6 Å². The van der Waals surface area contributed by atoms with Crippen LogP contribution in [0.5, 0.6) is 5.75 Å². The molecule has 1 aromatic rings. The van der Waals surface area contributed by atoms with Crippen LogP contribution >= 0.6 is 0 Å². The number of rotatable bonds is 7. The normalized spacial score (nSPS) is 15.9. The van der Waals surface area contributed by atoms with Crippen molar-refractivity contribution < 1.29 is 27.6 Å². The van der Waals surface area contributed by atoms with Gasteiger partial charge in [-0.25, -0.2) is 13.1 Å². The topological polar surface area (TPSA) is 98.2 Å².